The average molecular weight is 407 g/mol. The van der Waals surface area contributed by atoms with E-state index in [1.807, 2.05) is 48.5 Å². The highest BCUT2D eigenvalue weighted by molar-refractivity contribution is 6.01. The van der Waals surface area contributed by atoms with Gasteiger partial charge in [0.1, 0.15) is 0 Å². The summed E-state index contributed by atoms with van der Waals surface area (Å²) in [6, 6.07) is 28.5. The molecule has 0 spiro atoms. The van der Waals surface area contributed by atoms with Crippen LogP contribution in [0.5, 0.6) is 0 Å². The van der Waals surface area contributed by atoms with E-state index < -0.39 is 0 Å². The molecule has 1 unspecified atom stereocenters. The van der Waals surface area contributed by atoms with Crippen LogP contribution < -0.4 is 22.1 Å². The number of nitrogens with two attached hydrogens (primary N) is 2. The Morgan fingerprint density at radius 3 is 1.81 bits per heavy atom. The number of para-hydroxylation sites is 2. The predicted molar refractivity (Wildman–Crippen MR) is 132 cm³/mol. The van der Waals surface area contributed by atoms with Crippen LogP contribution in [0.15, 0.2) is 84.9 Å². The van der Waals surface area contributed by atoms with Gasteiger partial charge in [-0.3, -0.25) is 0 Å². The van der Waals surface area contributed by atoms with Gasteiger partial charge in [0.2, 0.25) is 0 Å². The molecular formula is C27H26N4. The van der Waals surface area contributed by atoms with Gasteiger partial charge in [-0.2, -0.15) is 0 Å². The van der Waals surface area contributed by atoms with Crippen LogP contribution in [0.4, 0.5) is 34.1 Å². The van der Waals surface area contributed by atoms with Gasteiger partial charge >= 0.3 is 0 Å². The fraction of sp³-hybridized carbons (Fsp3) is 0.111. The maximum absolute atomic E-state index is 6.75. The summed E-state index contributed by atoms with van der Waals surface area (Å²) in [5.41, 5.74) is 23.1. The first-order valence-electron chi connectivity index (χ1n) is 10.6. The third kappa shape index (κ3) is 3.46. The first-order valence-corrected chi connectivity index (χ1v) is 10.6. The van der Waals surface area contributed by atoms with Crippen LogP contribution in [0.1, 0.15) is 24.0 Å². The third-order valence-electron chi connectivity index (χ3n) is 5.98. The van der Waals surface area contributed by atoms with Crippen molar-refractivity contribution < 1.29 is 0 Å². The van der Waals surface area contributed by atoms with Crippen molar-refractivity contribution in [3.8, 4) is 11.1 Å². The SMILES string of the molecule is CC1Cc2c(N)c(Nc3ccccc3)c(Nc3ccccc3)c(-c3ccc(N)cc3)c21. The minimum absolute atomic E-state index is 0.451. The number of hydrogen-bond donors (Lipinski definition) is 4. The van der Waals surface area contributed by atoms with Gasteiger partial charge in [0.05, 0.1) is 17.1 Å². The summed E-state index contributed by atoms with van der Waals surface area (Å²) in [5.74, 6) is 0.451. The highest BCUT2D eigenvalue weighted by Gasteiger charge is 2.33. The molecular weight excluding hydrogens is 380 g/mol. The third-order valence-corrected chi connectivity index (χ3v) is 5.98. The maximum atomic E-state index is 6.75. The molecule has 0 saturated heterocycles. The first kappa shape index (κ1) is 19.1. The zero-order chi connectivity index (χ0) is 21.4. The van der Waals surface area contributed by atoms with Crippen LogP contribution in [0, 0.1) is 0 Å². The Morgan fingerprint density at radius 2 is 1.26 bits per heavy atom. The number of nitrogens with one attached hydrogen (secondary N) is 2. The molecule has 4 aromatic carbocycles. The van der Waals surface area contributed by atoms with Crippen LogP contribution in [-0.4, -0.2) is 0 Å². The van der Waals surface area contributed by atoms with Crippen molar-refractivity contribution in [1.29, 1.82) is 0 Å². The molecule has 0 amide bonds. The lowest BCUT2D eigenvalue weighted by atomic mass is 9.72. The molecule has 31 heavy (non-hydrogen) atoms. The monoisotopic (exact) mass is 406 g/mol. The Balaban J connectivity index is 1.76. The van der Waals surface area contributed by atoms with Crippen LogP contribution in [-0.2, 0) is 6.42 Å². The van der Waals surface area contributed by atoms with Crippen molar-refractivity contribution in [3.05, 3.63) is 96.1 Å². The number of nitrogen functional groups attached to an aromatic ring is 2. The van der Waals surface area contributed by atoms with E-state index in [4.69, 9.17) is 11.5 Å². The Bertz CT molecular complexity index is 1220. The second-order valence-corrected chi connectivity index (χ2v) is 8.14. The van der Waals surface area contributed by atoms with Gasteiger partial charge in [0.25, 0.3) is 0 Å². The van der Waals surface area contributed by atoms with Gasteiger partial charge in [-0.25, -0.2) is 0 Å². The molecule has 0 aromatic heterocycles. The van der Waals surface area contributed by atoms with E-state index in [0.29, 0.717) is 5.92 Å². The van der Waals surface area contributed by atoms with Gasteiger partial charge in [-0.1, -0.05) is 55.5 Å². The summed E-state index contributed by atoms with van der Waals surface area (Å²) >= 11 is 0. The molecule has 4 heteroatoms. The molecule has 5 rings (SSSR count). The second kappa shape index (κ2) is 7.73. The largest absolute Gasteiger partial charge is 0.399 e. The standard InChI is InChI=1S/C27H26N4/c1-17-16-22-23(17)24(18-12-14-19(28)15-13-18)26(30-20-8-4-2-5-9-20)27(25(22)29)31-21-10-6-3-7-11-21/h2-15,17,30-31H,16,28-29H2,1H3. The highest BCUT2D eigenvalue weighted by Crippen LogP contribution is 2.54. The van der Waals surface area contributed by atoms with Crippen molar-refractivity contribution in [2.75, 3.05) is 22.1 Å². The average Bonchev–Trinajstić information content (AvgIpc) is 2.79. The Kier molecular flexibility index (Phi) is 4.75. The lowest BCUT2D eigenvalue weighted by Crippen LogP contribution is -2.21. The van der Waals surface area contributed by atoms with Crippen molar-refractivity contribution in [3.63, 3.8) is 0 Å². The van der Waals surface area contributed by atoms with Gasteiger partial charge in [-0.05, 0) is 65.4 Å². The molecule has 0 radical (unpaired) electrons. The van der Waals surface area contributed by atoms with E-state index in [9.17, 15) is 0 Å². The lowest BCUT2D eigenvalue weighted by Gasteiger charge is -2.35. The van der Waals surface area contributed by atoms with E-state index in [1.54, 1.807) is 0 Å². The quantitative estimate of drug-likeness (QED) is 0.279. The molecule has 0 bridgehead atoms. The van der Waals surface area contributed by atoms with E-state index >= 15 is 0 Å². The normalized spacial score (nSPS) is 14.4. The molecule has 0 saturated carbocycles. The molecule has 0 fully saturated rings. The van der Waals surface area contributed by atoms with Crippen molar-refractivity contribution >= 4 is 34.1 Å². The van der Waals surface area contributed by atoms with Crippen molar-refractivity contribution in [2.24, 2.45) is 0 Å². The second-order valence-electron chi connectivity index (χ2n) is 8.14. The smallest absolute Gasteiger partial charge is 0.0866 e. The van der Waals surface area contributed by atoms with Crippen LogP contribution in [0.3, 0.4) is 0 Å². The Morgan fingerprint density at radius 1 is 0.710 bits per heavy atom. The van der Waals surface area contributed by atoms with E-state index in [-0.39, 0.29) is 0 Å². The van der Waals surface area contributed by atoms with E-state index in [0.717, 1.165) is 46.1 Å². The number of benzene rings is 4. The molecule has 1 aliphatic carbocycles. The summed E-state index contributed by atoms with van der Waals surface area (Å²) in [7, 11) is 0. The van der Waals surface area contributed by atoms with Crippen LogP contribution in [0.2, 0.25) is 0 Å². The zero-order valence-corrected chi connectivity index (χ0v) is 17.5. The first-order chi connectivity index (χ1) is 15.1. The minimum atomic E-state index is 0.451. The molecule has 1 atom stereocenters. The van der Waals surface area contributed by atoms with Crippen molar-refractivity contribution in [1.82, 2.24) is 0 Å². The molecule has 4 nitrogen and oxygen atoms in total. The number of rotatable bonds is 5. The van der Waals surface area contributed by atoms with Gasteiger partial charge in [-0.15, -0.1) is 0 Å². The number of anilines is 6. The predicted octanol–water partition coefficient (Wildman–Crippen LogP) is 6.66. The molecule has 0 heterocycles. The Labute approximate surface area is 182 Å². The van der Waals surface area contributed by atoms with Crippen molar-refractivity contribution in [2.45, 2.75) is 19.3 Å². The molecule has 6 N–H and O–H groups in total. The maximum Gasteiger partial charge on any atom is 0.0866 e. The topological polar surface area (TPSA) is 76.1 Å². The van der Waals surface area contributed by atoms with Gasteiger partial charge in [0.15, 0.2) is 0 Å². The summed E-state index contributed by atoms with van der Waals surface area (Å²) < 4.78 is 0. The summed E-state index contributed by atoms with van der Waals surface area (Å²) in [6.07, 6.45) is 0.984. The fourth-order valence-corrected chi connectivity index (χ4v) is 4.42. The van der Waals surface area contributed by atoms with Crippen LogP contribution >= 0.6 is 0 Å². The van der Waals surface area contributed by atoms with E-state index in [2.05, 4.69) is 54.0 Å². The Hall–Kier alpha value is -3.92. The lowest BCUT2D eigenvalue weighted by molar-refractivity contribution is 0.673. The van der Waals surface area contributed by atoms with Gasteiger partial charge in [0, 0.05) is 22.6 Å². The molecule has 1 aliphatic rings. The summed E-state index contributed by atoms with van der Waals surface area (Å²) in [6.45, 7) is 2.26. The van der Waals surface area contributed by atoms with Gasteiger partial charge < -0.3 is 22.1 Å². The minimum Gasteiger partial charge on any atom is -0.399 e. The van der Waals surface area contributed by atoms with E-state index in [1.165, 1.54) is 16.7 Å². The number of fused-ring (bicyclic) bond motifs is 1. The number of hydrogen-bond acceptors (Lipinski definition) is 4. The van der Waals surface area contributed by atoms with Crippen LogP contribution in [0.25, 0.3) is 11.1 Å². The highest BCUT2D eigenvalue weighted by atomic mass is 15.0. The fourth-order valence-electron chi connectivity index (χ4n) is 4.42. The molecule has 0 aliphatic heterocycles. The molecule has 154 valence electrons. The molecule has 4 aromatic rings. The zero-order valence-electron chi connectivity index (χ0n) is 17.5. The summed E-state index contributed by atoms with van der Waals surface area (Å²) in [4.78, 5) is 0. The summed E-state index contributed by atoms with van der Waals surface area (Å²) in [5, 5.41) is 7.25.